The predicted octanol–water partition coefficient (Wildman–Crippen LogP) is 0.824. The van der Waals surface area contributed by atoms with E-state index in [0.717, 1.165) is 10.9 Å². The Kier molecular flexibility index (Phi) is 1.45. The lowest BCUT2D eigenvalue weighted by Gasteiger charge is -1.96. The van der Waals surface area contributed by atoms with Gasteiger partial charge in [0.15, 0.2) is 0 Å². The van der Waals surface area contributed by atoms with E-state index in [4.69, 9.17) is 0 Å². The molecule has 74 valence electrons. The summed E-state index contributed by atoms with van der Waals surface area (Å²) in [5, 5.41) is 20.3. The molecule has 0 spiro atoms. The van der Waals surface area contributed by atoms with Crippen LogP contribution in [0, 0.1) is 12.1 Å². The lowest BCUT2D eigenvalue weighted by Crippen LogP contribution is -2.34. The molecule has 0 unspecified atom stereocenters. The van der Waals surface area contributed by atoms with Gasteiger partial charge in [-0.3, -0.25) is 0 Å². The Morgan fingerprint density at radius 3 is 3.13 bits per heavy atom. The lowest BCUT2D eigenvalue weighted by molar-refractivity contribution is -0.672. The summed E-state index contributed by atoms with van der Waals surface area (Å²) < 4.78 is 1.66. The summed E-state index contributed by atoms with van der Waals surface area (Å²) in [6.07, 6.45) is 1.67. The monoisotopic (exact) mass is 200 g/mol. The molecule has 0 N–H and O–H groups in total. The summed E-state index contributed by atoms with van der Waals surface area (Å²) in [4.78, 5) is 0.615. The predicted molar refractivity (Wildman–Crippen MR) is 54.2 cm³/mol. The zero-order valence-electron chi connectivity index (χ0n) is 8.08. The van der Waals surface area contributed by atoms with Gasteiger partial charge < -0.3 is 5.21 Å². The van der Waals surface area contributed by atoms with Gasteiger partial charge in [0.1, 0.15) is 0 Å². The maximum Gasteiger partial charge on any atom is 0.230 e. The summed E-state index contributed by atoms with van der Waals surface area (Å²) >= 11 is 0. The average Bonchev–Trinajstić information content (AvgIpc) is 2.57. The van der Waals surface area contributed by atoms with Gasteiger partial charge in [-0.25, -0.2) is 4.52 Å². The van der Waals surface area contributed by atoms with Crippen molar-refractivity contribution >= 4 is 16.6 Å². The fourth-order valence-corrected chi connectivity index (χ4v) is 1.67. The van der Waals surface area contributed by atoms with Crippen molar-refractivity contribution in [3.63, 3.8) is 0 Å². The molecule has 3 rings (SSSR count). The van der Waals surface area contributed by atoms with Crippen molar-refractivity contribution in [3.8, 4) is 0 Å². The second-order valence-corrected chi connectivity index (χ2v) is 3.44. The summed E-state index contributed by atoms with van der Waals surface area (Å²) in [6, 6.07) is 7.55. The number of hydrogen-bond donors (Lipinski definition) is 0. The molecule has 0 bridgehead atoms. The van der Waals surface area contributed by atoms with Crippen LogP contribution < -0.4 is 4.85 Å². The number of aromatic nitrogens is 4. The van der Waals surface area contributed by atoms with Gasteiger partial charge in [0, 0.05) is 29.7 Å². The van der Waals surface area contributed by atoms with Crippen molar-refractivity contribution in [2.45, 2.75) is 6.92 Å². The third-order valence-electron chi connectivity index (χ3n) is 2.39. The molecule has 3 aromatic heterocycles. The minimum atomic E-state index is 0.582. The van der Waals surface area contributed by atoms with Crippen molar-refractivity contribution in [2.24, 2.45) is 0 Å². The third kappa shape index (κ3) is 1.06. The van der Waals surface area contributed by atoms with Crippen LogP contribution >= 0.6 is 0 Å². The van der Waals surface area contributed by atoms with Gasteiger partial charge in [-0.1, -0.05) is 4.85 Å². The Morgan fingerprint density at radius 1 is 1.40 bits per heavy atom. The van der Waals surface area contributed by atoms with Crippen molar-refractivity contribution in [2.75, 3.05) is 0 Å². The fourth-order valence-electron chi connectivity index (χ4n) is 1.67. The highest BCUT2D eigenvalue weighted by molar-refractivity contribution is 5.82. The van der Waals surface area contributed by atoms with Crippen molar-refractivity contribution in [1.82, 2.24) is 14.7 Å². The zero-order chi connectivity index (χ0) is 10.4. The Morgan fingerprint density at radius 2 is 2.27 bits per heavy atom. The first kappa shape index (κ1) is 8.16. The van der Waals surface area contributed by atoms with E-state index in [9.17, 15) is 5.21 Å². The molecule has 0 saturated heterocycles. The fraction of sp³-hybridized carbons (Fsp3) is 0.100. The second-order valence-electron chi connectivity index (χ2n) is 3.44. The van der Waals surface area contributed by atoms with Crippen molar-refractivity contribution < 1.29 is 4.85 Å². The minimum Gasteiger partial charge on any atom is -0.594 e. The van der Waals surface area contributed by atoms with Gasteiger partial charge in [-0.15, -0.1) is 0 Å². The van der Waals surface area contributed by atoms with E-state index in [-0.39, 0.29) is 0 Å². The minimum absolute atomic E-state index is 0.582. The van der Waals surface area contributed by atoms with Crippen LogP contribution in [-0.2, 0) is 0 Å². The van der Waals surface area contributed by atoms with E-state index in [1.54, 1.807) is 17.6 Å². The van der Waals surface area contributed by atoms with E-state index >= 15 is 0 Å². The molecule has 5 nitrogen and oxygen atoms in total. The number of nitrogens with zero attached hydrogens (tertiary/aromatic N) is 4. The molecule has 0 amide bonds. The van der Waals surface area contributed by atoms with Gasteiger partial charge in [0.25, 0.3) is 0 Å². The van der Waals surface area contributed by atoms with Crippen molar-refractivity contribution in [1.29, 1.82) is 0 Å². The maximum absolute atomic E-state index is 11.3. The molecule has 3 heterocycles. The largest absolute Gasteiger partial charge is 0.594 e. The maximum atomic E-state index is 11.3. The van der Waals surface area contributed by atoms with Crippen LogP contribution in [0.3, 0.4) is 0 Å². The van der Waals surface area contributed by atoms with E-state index in [0.29, 0.717) is 16.2 Å². The first-order chi connectivity index (χ1) is 7.25. The topological polar surface area (TPSA) is 57.1 Å². The van der Waals surface area contributed by atoms with Gasteiger partial charge >= 0.3 is 0 Å². The van der Waals surface area contributed by atoms with Crippen LogP contribution in [0.4, 0.5) is 0 Å². The quantitative estimate of drug-likeness (QED) is 0.399. The Balaban J connectivity index is 2.56. The van der Waals surface area contributed by atoms with E-state index in [1.807, 2.05) is 24.3 Å². The molecular weight excluding hydrogens is 192 g/mol. The van der Waals surface area contributed by atoms with Crippen LogP contribution in [0.1, 0.15) is 5.69 Å². The highest BCUT2D eigenvalue weighted by Gasteiger charge is 2.10. The van der Waals surface area contributed by atoms with Gasteiger partial charge in [0.2, 0.25) is 11.3 Å². The van der Waals surface area contributed by atoms with Gasteiger partial charge in [-0.2, -0.15) is 5.10 Å². The van der Waals surface area contributed by atoms with Crippen LogP contribution in [-0.4, -0.2) is 14.7 Å². The Bertz CT molecular complexity index is 659. The van der Waals surface area contributed by atoms with Gasteiger partial charge in [0.05, 0.1) is 5.52 Å². The second kappa shape index (κ2) is 2.66. The molecule has 3 aromatic rings. The first-order valence-electron chi connectivity index (χ1n) is 4.60. The van der Waals surface area contributed by atoms with Crippen LogP contribution in [0.5, 0.6) is 0 Å². The SMILES string of the molecule is Cc1cc2cc3cccnn3c2n[n+]1[O-]. The first-order valence-corrected chi connectivity index (χ1v) is 4.60. The van der Waals surface area contributed by atoms with Crippen molar-refractivity contribution in [3.05, 3.63) is 41.4 Å². The lowest BCUT2D eigenvalue weighted by atomic mass is 10.3. The van der Waals surface area contributed by atoms with Crippen LogP contribution in [0.2, 0.25) is 0 Å². The van der Waals surface area contributed by atoms with E-state index < -0.39 is 0 Å². The molecule has 0 atom stereocenters. The van der Waals surface area contributed by atoms with Crippen LogP contribution in [0.25, 0.3) is 16.6 Å². The summed E-state index contributed by atoms with van der Waals surface area (Å²) in [5.41, 5.74) is 2.11. The molecule has 0 aliphatic carbocycles. The normalized spacial score (nSPS) is 11.3. The van der Waals surface area contributed by atoms with Gasteiger partial charge in [-0.05, 0) is 18.2 Å². The highest BCUT2D eigenvalue weighted by Crippen LogP contribution is 2.15. The number of aryl methyl sites for hydroxylation is 1. The molecule has 0 radical (unpaired) electrons. The highest BCUT2D eigenvalue weighted by atomic mass is 16.5. The Hall–Kier alpha value is -2.17. The molecule has 5 heteroatoms. The van der Waals surface area contributed by atoms with E-state index in [1.165, 1.54) is 0 Å². The molecule has 15 heavy (non-hydrogen) atoms. The molecule has 0 aliphatic heterocycles. The van der Waals surface area contributed by atoms with Crippen LogP contribution in [0.15, 0.2) is 30.5 Å². The van der Waals surface area contributed by atoms with E-state index in [2.05, 4.69) is 10.2 Å². The summed E-state index contributed by atoms with van der Waals surface area (Å²) in [5.74, 6) is 0. The number of rotatable bonds is 0. The number of fused-ring (bicyclic) bond motifs is 3. The molecular formula is C10H8N4O. The zero-order valence-corrected chi connectivity index (χ0v) is 8.08. The average molecular weight is 200 g/mol. The standard InChI is InChI=1S/C10H8N4O/c1-7-5-8-6-9-3-2-4-11-13(9)10(8)12-14(7)15/h2-6H,1H3. The summed E-state index contributed by atoms with van der Waals surface area (Å²) in [7, 11) is 0. The molecule has 0 aliphatic rings. The summed E-state index contributed by atoms with van der Waals surface area (Å²) in [6.45, 7) is 1.73. The third-order valence-corrected chi connectivity index (χ3v) is 2.39. The molecule has 0 fully saturated rings. The smallest absolute Gasteiger partial charge is 0.230 e. The molecule has 0 aromatic carbocycles. The Labute approximate surface area is 85.2 Å². The number of hydrogen-bond acceptors (Lipinski definition) is 3. The molecule has 0 saturated carbocycles.